The average molecular weight is 386 g/mol. The summed E-state index contributed by atoms with van der Waals surface area (Å²) in [4.78, 5) is 31.1. The number of benzene rings is 1. The maximum absolute atomic E-state index is 12.1. The van der Waals surface area contributed by atoms with Gasteiger partial charge in [0.2, 0.25) is 11.1 Å². The van der Waals surface area contributed by atoms with Crippen LogP contribution in [0.3, 0.4) is 0 Å². The first-order valence-corrected chi connectivity index (χ1v) is 8.64. The molecule has 138 valence electrons. The molecule has 0 saturated carbocycles. The van der Waals surface area contributed by atoms with Crippen LogP contribution in [0.25, 0.3) is 11.5 Å². The van der Waals surface area contributed by atoms with Crippen LogP contribution in [0.4, 0.5) is 11.4 Å². The van der Waals surface area contributed by atoms with Gasteiger partial charge in [0.05, 0.1) is 23.9 Å². The third-order valence-electron chi connectivity index (χ3n) is 3.38. The lowest BCUT2D eigenvalue weighted by Gasteiger charge is -2.06. The van der Waals surface area contributed by atoms with E-state index in [9.17, 15) is 14.9 Å². The molecule has 10 nitrogen and oxygen atoms in total. The summed E-state index contributed by atoms with van der Waals surface area (Å²) in [6.07, 6.45) is 1.64. The molecule has 2 heterocycles. The Morgan fingerprint density at radius 2 is 2.22 bits per heavy atom. The number of amides is 1. The molecular weight excluding hydrogens is 372 g/mol. The van der Waals surface area contributed by atoms with Gasteiger partial charge in [-0.05, 0) is 24.3 Å². The first-order valence-electron chi connectivity index (χ1n) is 7.65. The summed E-state index contributed by atoms with van der Waals surface area (Å²) in [5.74, 6) is 0.390. The van der Waals surface area contributed by atoms with Crippen molar-refractivity contribution in [2.45, 2.75) is 5.16 Å². The summed E-state index contributed by atoms with van der Waals surface area (Å²) in [6, 6.07) is 9.60. The Hall–Kier alpha value is -3.47. The van der Waals surface area contributed by atoms with Crippen LogP contribution in [-0.4, -0.2) is 43.9 Å². The van der Waals surface area contributed by atoms with E-state index in [2.05, 4.69) is 25.5 Å². The number of aromatic amines is 1. The minimum atomic E-state index is -0.584. The standard InChI is InChI=1S/C16H14N6O4S/c1-26-10-5-6-11(13(8-10)22(24)25)18-14(23)9-27-16-19-15(20-21-16)12-4-2-3-7-17-12/h2-8H,9H2,1H3,(H,18,23)(H,19,20,21). The number of aromatic nitrogens is 4. The van der Waals surface area contributed by atoms with Crippen molar-refractivity contribution in [3.05, 3.63) is 52.7 Å². The Balaban J connectivity index is 1.62. The number of pyridine rings is 1. The second-order valence-electron chi connectivity index (χ2n) is 5.16. The summed E-state index contributed by atoms with van der Waals surface area (Å²) < 4.78 is 4.96. The van der Waals surface area contributed by atoms with E-state index >= 15 is 0 Å². The molecule has 0 aliphatic rings. The largest absolute Gasteiger partial charge is 0.496 e. The Labute approximate surface area is 157 Å². The first-order chi connectivity index (χ1) is 13.1. The van der Waals surface area contributed by atoms with E-state index < -0.39 is 10.8 Å². The maximum atomic E-state index is 12.1. The molecule has 1 aromatic carbocycles. The van der Waals surface area contributed by atoms with Gasteiger partial charge in [0, 0.05) is 6.20 Å². The van der Waals surface area contributed by atoms with Crippen LogP contribution in [0.2, 0.25) is 0 Å². The lowest BCUT2D eigenvalue weighted by atomic mass is 10.2. The van der Waals surface area contributed by atoms with Crippen molar-refractivity contribution in [2.24, 2.45) is 0 Å². The van der Waals surface area contributed by atoms with Gasteiger partial charge < -0.3 is 10.1 Å². The highest BCUT2D eigenvalue weighted by Crippen LogP contribution is 2.29. The third-order valence-corrected chi connectivity index (χ3v) is 4.23. The number of nitrogens with zero attached hydrogens (tertiary/aromatic N) is 4. The van der Waals surface area contributed by atoms with Gasteiger partial charge in [-0.1, -0.05) is 17.8 Å². The fraction of sp³-hybridized carbons (Fsp3) is 0.125. The fourth-order valence-corrected chi connectivity index (χ4v) is 2.74. The van der Waals surface area contributed by atoms with E-state index in [4.69, 9.17) is 4.74 Å². The van der Waals surface area contributed by atoms with E-state index in [0.717, 1.165) is 11.8 Å². The number of thioether (sulfide) groups is 1. The number of methoxy groups -OCH3 is 1. The molecule has 1 amide bonds. The highest BCUT2D eigenvalue weighted by molar-refractivity contribution is 7.99. The Morgan fingerprint density at radius 1 is 1.37 bits per heavy atom. The number of hydrogen-bond acceptors (Lipinski definition) is 8. The molecule has 3 aromatic rings. The van der Waals surface area contributed by atoms with Crippen molar-refractivity contribution in [1.29, 1.82) is 0 Å². The van der Waals surface area contributed by atoms with Gasteiger partial charge in [0.1, 0.15) is 17.1 Å². The van der Waals surface area contributed by atoms with Crippen molar-refractivity contribution in [3.8, 4) is 17.3 Å². The number of carbonyl (C=O) groups is 1. The maximum Gasteiger partial charge on any atom is 0.296 e. The molecule has 0 saturated heterocycles. The van der Waals surface area contributed by atoms with Gasteiger partial charge in [-0.15, -0.1) is 5.10 Å². The number of hydrogen-bond donors (Lipinski definition) is 2. The zero-order valence-electron chi connectivity index (χ0n) is 14.1. The topological polar surface area (TPSA) is 136 Å². The minimum Gasteiger partial charge on any atom is -0.496 e. The van der Waals surface area contributed by atoms with E-state index in [1.807, 2.05) is 6.07 Å². The molecule has 0 radical (unpaired) electrons. The van der Waals surface area contributed by atoms with E-state index in [1.165, 1.54) is 25.3 Å². The van der Waals surface area contributed by atoms with Crippen molar-refractivity contribution >= 4 is 29.0 Å². The monoisotopic (exact) mass is 386 g/mol. The summed E-state index contributed by atoms with van der Waals surface area (Å²) in [5, 5.41) is 20.8. The Bertz CT molecular complexity index is 963. The summed E-state index contributed by atoms with van der Waals surface area (Å²) in [5.41, 5.74) is 0.480. The number of nitrogens with one attached hydrogen (secondary N) is 2. The molecular formula is C16H14N6O4S. The molecule has 0 atom stereocenters. The Morgan fingerprint density at radius 3 is 2.93 bits per heavy atom. The van der Waals surface area contributed by atoms with Gasteiger partial charge in [0.15, 0.2) is 5.82 Å². The summed E-state index contributed by atoms with van der Waals surface area (Å²) >= 11 is 1.10. The van der Waals surface area contributed by atoms with E-state index in [-0.39, 0.29) is 17.1 Å². The minimum absolute atomic E-state index is 0.0112. The smallest absolute Gasteiger partial charge is 0.296 e. The lowest BCUT2D eigenvalue weighted by Crippen LogP contribution is -2.15. The van der Waals surface area contributed by atoms with E-state index in [1.54, 1.807) is 18.3 Å². The second kappa shape index (κ2) is 8.27. The van der Waals surface area contributed by atoms with Crippen molar-refractivity contribution in [3.63, 3.8) is 0 Å². The van der Waals surface area contributed by atoms with Crippen LogP contribution in [0.5, 0.6) is 5.75 Å². The molecule has 0 aliphatic carbocycles. The molecule has 2 N–H and O–H groups in total. The summed E-state index contributed by atoms with van der Waals surface area (Å²) in [6.45, 7) is 0. The molecule has 0 aliphatic heterocycles. The van der Waals surface area contributed by atoms with Gasteiger partial charge in [-0.25, -0.2) is 0 Å². The van der Waals surface area contributed by atoms with Crippen molar-refractivity contribution in [1.82, 2.24) is 20.2 Å². The molecule has 0 fully saturated rings. The van der Waals surface area contributed by atoms with Crippen LogP contribution in [0.15, 0.2) is 47.8 Å². The highest BCUT2D eigenvalue weighted by atomic mass is 32.2. The van der Waals surface area contributed by atoms with Gasteiger partial charge in [0.25, 0.3) is 5.69 Å². The number of ether oxygens (including phenoxy) is 1. The van der Waals surface area contributed by atoms with Gasteiger partial charge >= 0.3 is 0 Å². The SMILES string of the molecule is COc1ccc(NC(=O)CSc2n[nH]c(-c3ccccn3)n2)c([N+](=O)[O-])c1. The number of anilines is 1. The van der Waals surface area contributed by atoms with Crippen molar-refractivity contribution in [2.75, 3.05) is 18.2 Å². The third kappa shape index (κ3) is 4.58. The summed E-state index contributed by atoms with van der Waals surface area (Å²) in [7, 11) is 1.41. The van der Waals surface area contributed by atoms with Gasteiger partial charge in [-0.3, -0.25) is 25.0 Å². The molecule has 0 bridgehead atoms. The Kier molecular flexibility index (Phi) is 5.61. The molecule has 0 spiro atoms. The second-order valence-corrected chi connectivity index (χ2v) is 6.10. The molecule has 11 heteroatoms. The highest BCUT2D eigenvalue weighted by Gasteiger charge is 2.18. The number of carbonyl (C=O) groups excluding carboxylic acids is 1. The zero-order valence-corrected chi connectivity index (χ0v) is 14.9. The lowest BCUT2D eigenvalue weighted by molar-refractivity contribution is -0.384. The number of H-pyrrole nitrogens is 1. The van der Waals surface area contributed by atoms with Gasteiger partial charge in [-0.2, -0.15) is 4.98 Å². The van der Waals surface area contributed by atoms with Crippen LogP contribution >= 0.6 is 11.8 Å². The number of rotatable bonds is 7. The van der Waals surface area contributed by atoms with Crippen LogP contribution in [0, 0.1) is 10.1 Å². The quantitative estimate of drug-likeness (QED) is 0.359. The zero-order chi connectivity index (χ0) is 19.2. The van der Waals surface area contributed by atoms with Crippen LogP contribution < -0.4 is 10.1 Å². The van der Waals surface area contributed by atoms with E-state index in [0.29, 0.717) is 22.4 Å². The molecule has 0 unspecified atom stereocenters. The predicted octanol–water partition coefficient (Wildman–Crippen LogP) is 2.51. The fourth-order valence-electron chi connectivity index (χ4n) is 2.14. The number of nitro groups is 1. The molecule has 2 aromatic heterocycles. The normalized spacial score (nSPS) is 10.4. The van der Waals surface area contributed by atoms with Crippen LogP contribution in [0.1, 0.15) is 0 Å². The van der Waals surface area contributed by atoms with Crippen molar-refractivity contribution < 1.29 is 14.5 Å². The molecule has 27 heavy (non-hydrogen) atoms. The number of nitro benzene ring substituents is 1. The van der Waals surface area contributed by atoms with Crippen LogP contribution in [-0.2, 0) is 4.79 Å². The predicted molar refractivity (Wildman–Crippen MR) is 98.6 cm³/mol. The first kappa shape index (κ1) is 18.3. The molecule has 3 rings (SSSR count). The average Bonchev–Trinajstić information content (AvgIpc) is 3.16.